The van der Waals surface area contributed by atoms with Gasteiger partial charge in [-0.3, -0.25) is 4.79 Å². The molecule has 0 aliphatic rings. The van der Waals surface area contributed by atoms with Gasteiger partial charge in [0.05, 0.1) is 6.61 Å². The largest absolute Gasteiger partial charge is 0.463 e. The summed E-state index contributed by atoms with van der Waals surface area (Å²) < 4.78 is 10.7. The maximum atomic E-state index is 11.4. The monoisotopic (exact) mass is 312 g/mol. The molecule has 0 unspecified atom stereocenters. The van der Waals surface area contributed by atoms with Crippen LogP contribution < -0.4 is 4.74 Å². The fourth-order valence-corrected chi connectivity index (χ4v) is 1.40. The van der Waals surface area contributed by atoms with Crippen molar-refractivity contribution in [2.24, 2.45) is 0 Å². The molecule has 0 spiro atoms. The van der Waals surface area contributed by atoms with Crippen LogP contribution in [0.4, 0.5) is 0 Å². The molecule has 0 radical (unpaired) electrons. The van der Waals surface area contributed by atoms with Gasteiger partial charge in [0.25, 0.3) is 0 Å². The molecule has 0 aromatic heterocycles. The minimum atomic E-state index is -0.490. The molecule has 0 saturated heterocycles. The fraction of sp³-hybridized carbons (Fsp3) is 0.231. The summed E-state index contributed by atoms with van der Waals surface area (Å²) in [5, 5.41) is 0. The van der Waals surface area contributed by atoms with Crippen LogP contribution >= 0.6 is 15.9 Å². The zero-order chi connectivity index (χ0) is 13.4. The van der Waals surface area contributed by atoms with Gasteiger partial charge in [-0.2, -0.15) is 0 Å². The number of esters is 2. The summed E-state index contributed by atoms with van der Waals surface area (Å²) in [5.74, 6) is -0.352. The molecular formula is C13H13BrO4. The topological polar surface area (TPSA) is 52.6 Å². The molecule has 0 heterocycles. The Morgan fingerprint density at radius 1 is 1.28 bits per heavy atom. The van der Waals surface area contributed by atoms with Crippen molar-refractivity contribution in [2.75, 3.05) is 6.61 Å². The minimum Gasteiger partial charge on any atom is -0.463 e. The lowest BCUT2D eigenvalue weighted by Crippen LogP contribution is -2.10. The Morgan fingerprint density at radius 3 is 2.56 bits per heavy atom. The van der Waals surface area contributed by atoms with Crippen molar-refractivity contribution in [3.8, 4) is 5.75 Å². The predicted molar refractivity (Wildman–Crippen MR) is 70.2 cm³/mol. The van der Waals surface area contributed by atoms with E-state index >= 15 is 0 Å². The molecule has 0 N–H and O–H groups in total. The van der Waals surface area contributed by atoms with Crippen molar-refractivity contribution in [1.82, 2.24) is 0 Å². The van der Waals surface area contributed by atoms with E-state index in [0.29, 0.717) is 12.2 Å². The van der Waals surface area contributed by atoms with Crippen LogP contribution in [0, 0.1) is 0 Å². The first-order chi connectivity index (χ1) is 8.61. The van der Waals surface area contributed by atoms with Gasteiger partial charge in [-0.25, -0.2) is 4.79 Å². The van der Waals surface area contributed by atoms with Crippen LogP contribution in [-0.4, -0.2) is 18.5 Å². The summed E-state index contributed by atoms with van der Waals surface area (Å²) in [6.45, 7) is 3.45. The molecule has 0 aliphatic heterocycles. The van der Waals surface area contributed by atoms with E-state index in [-0.39, 0.29) is 19.0 Å². The Hall–Kier alpha value is -1.62. The molecule has 1 rings (SSSR count). The van der Waals surface area contributed by atoms with Gasteiger partial charge in [-0.15, -0.1) is 0 Å². The predicted octanol–water partition coefficient (Wildman–Crippen LogP) is 2.86. The number of benzene rings is 1. The van der Waals surface area contributed by atoms with Gasteiger partial charge in [0.1, 0.15) is 5.75 Å². The summed E-state index contributed by atoms with van der Waals surface area (Å²) in [6, 6.07) is 6.96. The second-order valence-corrected chi connectivity index (χ2v) is 4.32. The number of halogens is 1. The van der Waals surface area contributed by atoms with Crippen molar-refractivity contribution in [3.05, 3.63) is 41.4 Å². The van der Waals surface area contributed by atoms with Gasteiger partial charge in [0, 0.05) is 17.0 Å². The highest BCUT2D eigenvalue weighted by atomic mass is 79.9. The lowest BCUT2D eigenvalue weighted by Gasteiger charge is -2.04. The minimum absolute atomic E-state index is 0.181. The third kappa shape index (κ3) is 5.63. The first-order valence-electron chi connectivity index (χ1n) is 5.37. The summed E-state index contributed by atoms with van der Waals surface area (Å²) in [5.41, 5.74) is 0. The number of carbonyl (C=O) groups is 2. The van der Waals surface area contributed by atoms with Crippen molar-refractivity contribution in [2.45, 2.75) is 12.8 Å². The molecule has 5 heteroatoms. The Kier molecular flexibility index (Phi) is 6.14. The maximum Gasteiger partial charge on any atom is 0.330 e. The molecule has 18 heavy (non-hydrogen) atoms. The highest BCUT2D eigenvalue weighted by Crippen LogP contribution is 2.16. The van der Waals surface area contributed by atoms with E-state index in [2.05, 4.69) is 22.5 Å². The van der Waals surface area contributed by atoms with E-state index in [1.54, 1.807) is 24.3 Å². The molecule has 0 saturated carbocycles. The Bertz CT molecular complexity index is 425. The average Bonchev–Trinajstić information content (AvgIpc) is 2.37. The van der Waals surface area contributed by atoms with Crippen molar-refractivity contribution in [1.29, 1.82) is 0 Å². The van der Waals surface area contributed by atoms with E-state index in [9.17, 15) is 9.59 Å². The van der Waals surface area contributed by atoms with Gasteiger partial charge in [0.2, 0.25) is 0 Å². The third-order valence-electron chi connectivity index (χ3n) is 1.98. The molecule has 0 aliphatic carbocycles. The van der Waals surface area contributed by atoms with E-state index in [4.69, 9.17) is 9.47 Å². The molecule has 0 bridgehead atoms. The zero-order valence-corrected chi connectivity index (χ0v) is 11.3. The van der Waals surface area contributed by atoms with Crippen LogP contribution in [0.3, 0.4) is 0 Å². The number of hydrogen-bond donors (Lipinski definition) is 0. The number of carbonyl (C=O) groups excluding carboxylic acids is 2. The second kappa shape index (κ2) is 7.66. The van der Waals surface area contributed by atoms with Gasteiger partial charge < -0.3 is 9.47 Å². The summed E-state index contributed by atoms with van der Waals surface area (Å²) in [4.78, 5) is 22.1. The van der Waals surface area contributed by atoms with E-state index in [0.717, 1.165) is 10.5 Å². The van der Waals surface area contributed by atoms with E-state index < -0.39 is 5.97 Å². The van der Waals surface area contributed by atoms with Crippen LogP contribution in [0.1, 0.15) is 12.8 Å². The summed E-state index contributed by atoms with van der Waals surface area (Å²) in [6.07, 6.45) is 1.70. The summed E-state index contributed by atoms with van der Waals surface area (Å²) in [7, 11) is 0. The van der Waals surface area contributed by atoms with Crippen LogP contribution in [0.5, 0.6) is 5.75 Å². The van der Waals surface area contributed by atoms with Crippen molar-refractivity contribution < 1.29 is 19.1 Å². The first-order valence-corrected chi connectivity index (χ1v) is 6.16. The van der Waals surface area contributed by atoms with Crippen LogP contribution in [0.15, 0.2) is 41.4 Å². The van der Waals surface area contributed by atoms with Gasteiger partial charge in [0.15, 0.2) is 0 Å². The second-order valence-electron chi connectivity index (χ2n) is 3.40. The van der Waals surface area contributed by atoms with E-state index in [1.807, 2.05) is 0 Å². The molecule has 0 fully saturated rings. The van der Waals surface area contributed by atoms with Crippen molar-refractivity contribution in [3.63, 3.8) is 0 Å². The lowest BCUT2D eigenvalue weighted by molar-refractivity contribution is -0.140. The van der Waals surface area contributed by atoms with E-state index in [1.165, 1.54) is 0 Å². The number of rotatable bonds is 6. The van der Waals surface area contributed by atoms with Gasteiger partial charge >= 0.3 is 11.9 Å². The first kappa shape index (κ1) is 14.4. The smallest absolute Gasteiger partial charge is 0.330 e. The molecule has 0 amide bonds. The Labute approximate surface area is 114 Å². The highest BCUT2D eigenvalue weighted by molar-refractivity contribution is 9.10. The van der Waals surface area contributed by atoms with Crippen LogP contribution in [0.2, 0.25) is 0 Å². The summed E-state index contributed by atoms with van der Waals surface area (Å²) >= 11 is 3.29. The van der Waals surface area contributed by atoms with Gasteiger partial charge in [-0.05, 0) is 30.7 Å². The number of ether oxygens (including phenoxy) is 2. The Balaban J connectivity index is 2.23. The molecular weight excluding hydrogens is 300 g/mol. The van der Waals surface area contributed by atoms with Gasteiger partial charge in [-0.1, -0.05) is 22.5 Å². The molecule has 1 aromatic carbocycles. The van der Waals surface area contributed by atoms with Crippen molar-refractivity contribution >= 4 is 27.9 Å². The molecule has 4 nitrogen and oxygen atoms in total. The maximum absolute atomic E-state index is 11.4. The molecule has 0 atom stereocenters. The zero-order valence-electron chi connectivity index (χ0n) is 9.73. The lowest BCUT2D eigenvalue weighted by atomic mass is 10.3. The standard InChI is InChI=1S/C13H13BrO4/c1-2-12(15)17-9-3-4-13(16)18-11-7-5-10(14)6-8-11/h2,5-8H,1,3-4,9H2. The van der Waals surface area contributed by atoms with Crippen LogP contribution in [-0.2, 0) is 14.3 Å². The number of hydrogen-bond acceptors (Lipinski definition) is 4. The Morgan fingerprint density at radius 2 is 1.94 bits per heavy atom. The highest BCUT2D eigenvalue weighted by Gasteiger charge is 2.05. The normalized spacial score (nSPS) is 9.61. The molecule has 1 aromatic rings. The fourth-order valence-electron chi connectivity index (χ4n) is 1.13. The third-order valence-corrected chi connectivity index (χ3v) is 2.51. The quantitative estimate of drug-likeness (QED) is 0.351. The molecule has 96 valence electrons. The van der Waals surface area contributed by atoms with Crippen LogP contribution in [0.25, 0.3) is 0 Å². The average molecular weight is 313 g/mol. The SMILES string of the molecule is C=CC(=O)OCCCC(=O)Oc1ccc(Br)cc1.